The highest BCUT2D eigenvalue weighted by molar-refractivity contribution is 5.71. The predicted molar refractivity (Wildman–Crippen MR) is 72.5 cm³/mol. The summed E-state index contributed by atoms with van der Waals surface area (Å²) in [7, 11) is 0. The molecule has 20 heavy (non-hydrogen) atoms. The molecule has 0 amide bonds. The van der Waals surface area contributed by atoms with Gasteiger partial charge >= 0.3 is 5.97 Å². The first kappa shape index (κ1) is 14.3. The molecule has 0 N–H and O–H groups in total. The van der Waals surface area contributed by atoms with Gasteiger partial charge in [-0.2, -0.15) is 5.26 Å². The van der Waals surface area contributed by atoms with Gasteiger partial charge in [0.1, 0.15) is 11.6 Å². The molecule has 1 aliphatic rings. The summed E-state index contributed by atoms with van der Waals surface area (Å²) >= 11 is 0. The van der Waals surface area contributed by atoms with E-state index in [0.29, 0.717) is 12.2 Å². The van der Waals surface area contributed by atoms with Crippen molar-refractivity contribution in [2.24, 2.45) is 0 Å². The number of carbonyl (C=O) groups excluding carboxylic acids is 1. The molecule has 5 heteroatoms. The van der Waals surface area contributed by atoms with Crippen LogP contribution in [0, 0.1) is 18.3 Å². The Morgan fingerprint density at radius 3 is 2.70 bits per heavy atom. The van der Waals surface area contributed by atoms with Gasteiger partial charge in [0, 0.05) is 5.69 Å². The van der Waals surface area contributed by atoms with Crippen LogP contribution in [0.3, 0.4) is 0 Å². The summed E-state index contributed by atoms with van der Waals surface area (Å²) in [5, 5.41) is 9.35. The van der Waals surface area contributed by atoms with Crippen LogP contribution < -0.4 is 4.74 Å². The molecule has 0 radical (unpaired) electrons. The SMILES string of the molecule is CCOC(=O)COc1nc(C)c2c(c1C#N)CCCC2. The molecular weight excluding hydrogens is 256 g/mol. The molecule has 0 saturated heterocycles. The van der Waals surface area contributed by atoms with Crippen molar-refractivity contribution in [1.29, 1.82) is 5.26 Å². The van der Waals surface area contributed by atoms with Crippen LogP contribution >= 0.6 is 0 Å². The number of fused-ring (bicyclic) bond motifs is 1. The van der Waals surface area contributed by atoms with Gasteiger partial charge in [-0.05, 0) is 50.7 Å². The Kier molecular flexibility index (Phi) is 4.57. The summed E-state index contributed by atoms with van der Waals surface area (Å²) in [5.41, 5.74) is 3.55. The lowest BCUT2D eigenvalue weighted by molar-refractivity contribution is -0.145. The largest absolute Gasteiger partial charge is 0.465 e. The number of ether oxygens (including phenoxy) is 2. The molecule has 0 spiro atoms. The number of nitriles is 1. The number of aryl methyl sites for hydroxylation is 1. The Morgan fingerprint density at radius 2 is 2.05 bits per heavy atom. The van der Waals surface area contributed by atoms with Gasteiger partial charge < -0.3 is 9.47 Å². The zero-order chi connectivity index (χ0) is 14.5. The predicted octanol–water partition coefficient (Wildman–Crippen LogP) is 2.08. The molecule has 2 rings (SSSR count). The van der Waals surface area contributed by atoms with Crippen molar-refractivity contribution in [2.75, 3.05) is 13.2 Å². The number of esters is 1. The third kappa shape index (κ3) is 2.90. The zero-order valence-electron chi connectivity index (χ0n) is 11.9. The van der Waals surface area contributed by atoms with Crippen LogP contribution in [0.4, 0.5) is 0 Å². The summed E-state index contributed by atoms with van der Waals surface area (Å²) in [5.74, 6) is -0.202. The van der Waals surface area contributed by atoms with E-state index in [1.54, 1.807) is 6.92 Å². The maximum absolute atomic E-state index is 11.3. The number of hydrogen-bond donors (Lipinski definition) is 0. The third-order valence-corrected chi connectivity index (χ3v) is 3.43. The van der Waals surface area contributed by atoms with E-state index in [-0.39, 0.29) is 12.5 Å². The first-order chi connectivity index (χ1) is 9.67. The Morgan fingerprint density at radius 1 is 1.35 bits per heavy atom. The Labute approximate surface area is 118 Å². The lowest BCUT2D eigenvalue weighted by atomic mass is 9.88. The zero-order valence-corrected chi connectivity index (χ0v) is 11.9. The van der Waals surface area contributed by atoms with Gasteiger partial charge in [-0.3, -0.25) is 0 Å². The lowest BCUT2D eigenvalue weighted by Gasteiger charge is -2.20. The number of nitrogens with zero attached hydrogens (tertiary/aromatic N) is 2. The quantitative estimate of drug-likeness (QED) is 0.786. The van der Waals surface area contributed by atoms with Crippen LogP contribution in [0.5, 0.6) is 5.88 Å². The van der Waals surface area contributed by atoms with E-state index in [0.717, 1.165) is 42.5 Å². The minimum atomic E-state index is -0.450. The van der Waals surface area contributed by atoms with Crippen LogP contribution in [0.25, 0.3) is 0 Å². The van der Waals surface area contributed by atoms with Crippen molar-refractivity contribution >= 4 is 5.97 Å². The molecule has 1 aliphatic carbocycles. The van der Waals surface area contributed by atoms with E-state index < -0.39 is 5.97 Å². The molecule has 0 atom stereocenters. The molecule has 1 aromatic heterocycles. The molecule has 0 aliphatic heterocycles. The van der Waals surface area contributed by atoms with Crippen LogP contribution in [-0.4, -0.2) is 24.2 Å². The highest BCUT2D eigenvalue weighted by atomic mass is 16.6. The fourth-order valence-corrected chi connectivity index (χ4v) is 2.53. The van der Waals surface area contributed by atoms with E-state index in [2.05, 4.69) is 11.1 Å². The first-order valence-corrected chi connectivity index (χ1v) is 6.88. The van der Waals surface area contributed by atoms with Crippen molar-refractivity contribution in [3.05, 3.63) is 22.4 Å². The monoisotopic (exact) mass is 274 g/mol. The summed E-state index contributed by atoms with van der Waals surface area (Å²) in [6.45, 7) is 3.75. The molecular formula is C15H18N2O3. The minimum Gasteiger partial charge on any atom is -0.465 e. The molecule has 1 aromatic rings. The van der Waals surface area contributed by atoms with Crippen molar-refractivity contribution in [1.82, 2.24) is 4.98 Å². The van der Waals surface area contributed by atoms with Crippen LogP contribution in [0.1, 0.15) is 42.1 Å². The molecule has 5 nitrogen and oxygen atoms in total. The summed E-state index contributed by atoms with van der Waals surface area (Å²) in [4.78, 5) is 15.7. The number of carbonyl (C=O) groups is 1. The van der Waals surface area contributed by atoms with Crippen molar-refractivity contribution in [3.8, 4) is 11.9 Å². The van der Waals surface area contributed by atoms with Gasteiger partial charge in [-0.25, -0.2) is 9.78 Å². The smallest absolute Gasteiger partial charge is 0.344 e. The molecule has 0 aromatic carbocycles. The van der Waals surface area contributed by atoms with Crippen LogP contribution in [-0.2, 0) is 22.4 Å². The van der Waals surface area contributed by atoms with Crippen molar-refractivity contribution in [3.63, 3.8) is 0 Å². The minimum absolute atomic E-state index is 0.215. The lowest BCUT2D eigenvalue weighted by Crippen LogP contribution is -2.17. The fourth-order valence-electron chi connectivity index (χ4n) is 2.53. The highest BCUT2D eigenvalue weighted by Crippen LogP contribution is 2.31. The van der Waals surface area contributed by atoms with E-state index in [4.69, 9.17) is 9.47 Å². The normalized spacial score (nSPS) is 13.2. The maximum atomic E-state index is 11.3. The molecule has 1 heterocycles. The third-order valence-electron chi connectivity index (χ3n) is 3.43. The Balaban J connectivity index is 2.27. The van der Waals surface area contributed by atoms with Gasteiger partial charge in [0.15, 0.2) is 6.61 Å². The Hall–Kier alpha value is -2.09. The Bertz CT molecular complexity index is 561. The van der Waals surface area contributed by atoms with Crippen molar-refractivity contribution in [2.45, 2.75) is 39.5 Å². The van der Waals surface area contributed by atoms with Crippen LogP contribution in [0.15, 0.2) is 0 Å². The standard InChI is InChI=1S/C15H18N2O3/c1-3-19-14(18)9-20-15-13(8-16)12-7-5-4-6-11(12)10(2)17-15/h3-7,9H2,1-2H3. The van der Waals surface area contributed by atoms with Gasteiger partial charge in [-0.15, -0.1) is 0 Å². The molecule has 0 unspecified atom stereocenters. The number of hydrogen-bond acceptors (Lipinski definition) is 5. The second kappa shape index (κ2) is 6.38. The van der Waals surface area contributed by atoms with E-state index in [1.807, 2.05) is 6.92 Å². The average molecular weight is 274 g/mol. The molecule has 106 valence electrons. The summed E-state index contributed by atoms with van der Waals surface area (Å²) < 4.78 is 10.2. The first-order valence-electron chi connectivity index (χ1n) is 6.88. The number of rotatable bonds is 4. The summed E-state index contributed by atoms with van der Waals surface area (Å²) in [6.07, 6.45) is 4.03. The number of pyridine rings is 1. The molecule has 0 bridgehead atoms. The number of aromatic nitrogens is 1. The molecule has 0 saturated carbocycles. The van der Waals surface area contributed by atoms with Crippen LogP contribution in [0.2, 0.25) is 0 Å². The van der Waals surface area contributed by atoms with E-state index in [9.17, 15) is 10.1 Å². The second-order valence-corrected chi connectivity index (χ2v) is 4.75. The van der Waals surface area contributed by atoms with Gasteiger partial charge in [0.05, 0.1) is 6.61 Å². The highest BCUT2D eigenvalue weighted by Gasteiger charge is 2.21. The van der Waals surface area contributed by atoms with Gasteiger partial charge in [-0.1, -0.05) is 0 Å². The second-order valence-electron chi connectivity index (χ2n) is 4.75. The van der Waals surface area contributed by atoms with Crippen molar-refractivity contribution < 1.29 is 14.3 Å². The van der Waals surface area contributed by atoms with E-state index >= 15 is 0 Å². The van der Waals surface area contributed by atoms with E-state index in [1.165, 1.54) is 0 Å². The average Bonchev–Trinajstić information content (AvgIpc) is 2.46. The van der Waals surface area contributed by atoms with Gasteiger partial charge in [0.25, 0.3) is 0 Å². The molecule has 0 fully saturated rings. The van der Waals surface area contributed by atoms with Gasteiger partial charge in [0.2, 0.25) is 5.88 Å². The summed E-state index contributed by atoms with van der Waals surface area (Å²) in [6, 6.07) is 2.17. The fraction of sp³-hybridized carbons (Fsp3) is 0.533. The maximum Gasteiger partial charge on any atom is 0.344 e. The topological polar surface area (TPSA) is 72.2 Å².